The predicted molar refractivity (Wildman–Crippen MR) is 175 cm³/mol. The lowest BCUT2D eigenvalue weighted by Crippen LogP contribution is -2.55. The zero-order valence-corrected chi connectivity index (χ0v) is 26.6. The number of carbonyl (C=O) groups is 5. The van der Waals surface area contributed by atoms with E-state index in [0.29, 0.717) is 45.9 Å². The maximum absolute atomic E-state index is 14.1. The highest BCUT2D eigenvalue weighted by molar-refractivity contribution is 6.39. The Bertz CT molecular complexity index is 1820. The second-order valence-electron chi connectivity index (χ2n) is 11.4. The van der Waals surface area contributed by atoms with E-state index in [-0.39, 0.29) is 31.0 Å². The summed E-state index contributed by atoms with van der Waals surface area (Å²) in [4.78, 5) is 69.3. The molecule has 0 saturated carbocycles. The van der Waals surface area contributed by atoms with Gasteiger partial charge in [-0.25, -0.2) is 4.39 Å². The Kier molecular flexibility index (Phi) is 10.9. The Labute approximate surface area is 279 Å². The lowest BCUT2D eigenvalue weighted by molar-refractivity contribution is -0.141. The molecule has 1 saturated heterocycles. The van der Waals surface area contributed by atoms with E-state index in [1.54, 1.807) is 36.4 Å². The molecule has 0 spiro atoms. The van der Waals surface area contributed by atoms with Crippen molar-refractivity contribution in [1.29, 1.82) is 0 Å². The number of hydrogen-bond acceptors (Lipinski definition) is 5. The Balaban J connectivity index is 1.38. The number of H-pyrrole nitrogens is 1. The van der Waals surface area contributed by atoms with E-state index >= 15 is 0 Å². The second kappa shape index (κ2) is 15.2. The first kappa shape index (κ1) is 33.6. The fraction of sp³-hybridized carbons (Fsp3) is 0.265. The Morgan fingerprint density at radius 1 is 0.915 bits per heavy atom. The number of aromatic amines is 1. The van der Waals surface area contributed by atoms with Gasteiger partial charge in [0, 0.05) is 41.4 Å². The summed E-state index contributed by atoms with van der Waals surface area (Å²) in [7, 11) is 0. The van der Waals surface area contributed by atoms with Crippen LogP contribution in [0.15, 0.2) is 72.8 Å². The van der Waals surface area contributed by atoms with Crippen molar-refractivity contribution in [3.05, 3.63) is 105 Å². The maximum atomic E-state index is 14.1. The van der Waals surface area contributed by atoms with Crippen molar-refractivity contribution in [2.75, 3.05) is 6.54 Å². The summed E-state index contributed by atoms with van der Waals surface area (Å²) in [6.45, 7) is 0.568. The Morgan fingerprint density at radius 2 is 1.68 bits per heavy atom. The van der Waals surface area contributed by atoms with Gasteiger partial charge in [0.15, 0.2) is 0 Å². The van der Waals surface area contributed by atoms with Gasteiger partial charge in [0.25, 0.3) is 11.8 Å². The highest BCUT2D eigenvalue weighted by atomic mass is 35.5. The van der Waals surface area contributed by atoms with Crippen LogP contribution in [0.2, 0.25) is 10.0 Å². The summed E-state index contributed by atoms with van der Waals surface area (Å²) in [5.41, 5.74) is 1.73. The minimum atomic E-state index is -1.38. The average Bonchev–Trinajstić information content (AvgIpc) is 3.49. The summed E-state index contributed by atoms with van der Waals surface area (Å²) < 4.78 is 14.1. The van der Waals surface area contributed by atoms with Gasteiger partial charge in [0.1, 0.15) is 17.6 Å². The fourth-order valence-corrected chi connectivity index (χ4v) is 6.05. The van der Waals surface area contributed by atoms with Crippen LogP contribution in [-0.4, -0.2) is 53.0 Å². The molecule has 0 aliphatic carbocycles. The quantitative estimate of drug-likeness (QED) is 0.142. The molecular formula is C34H32Cl2FN5O5. The smallest absolute Gasteiger partial charge is 0.289 e. The summed E-state index contributed by atoms with van der Waals surface area (Å²) in [6, 6.07) is 16.4. The van der Waals surface area contributed by atoms with Crippen LogP contribution in [0.1, 0.15) is 40.9 Å². The predicted octanol–water partition coefficient (Wildman–Crippen LogP) is 4.24. The van der Waals surface area contributed by atoms with Gasteiger partial charge < -0.3 is 26.3 Å². The van der Waals surface area contributed by atoms with E-state index in [2.05, 4.69) is 26.3 Å². The largest absolute Gasteiger partial charge is 0.356 e. The monoisotopic (exact) mass is 679 g/mol. The SMILES string of the molecule is O=C(NCc1ccccc1)C(=O)C(C[C@@H]1CCCNC1=O)NC(=O)[C@H](Cc1cccc(F)c1)NC(=O)c1cc2c(Cl)cc(Cl)cc2[nH]1. The molecule has 1 aliphatic heterocycles. The van der Waals surface area contributed by atoms with Crippen molar-refractivity contribution >= 4 is 63.5 Å². The topological polar surface area (TPSA) is 149 Å². The van der Waals surface area contributed by atoms with Crippen molar-refractivity contribution in [3.63, 3.8) is 0 Å². The molecule has 0 radical (unpaired) electrons. The first-order valence-electron chi connectivity index (χ1n) is 15.0. The first-order valence-corrected chi connectivity index (χ1v) is 15.8. The third-order valence-corrected chi connectivity index (χ3v) is 8.45. The molecular weight excluding hydrogens is 648 g/mol. The normalized spacial score (nSPS) is 15.7. The molecule has 1 aliphatic rings. The van der Waals surface area contributed by atoms with Crippen LogP contribution in [-0.2, 0) is 32.1 Å². The van der Waals surface area contributed by atoms with E-state index in [9.17, 15) is 28.4 Å². The molecule has 5 rings (SSSR count). The zero-order chi connectivity index (χ0) is 33.5. The van der Waals surface area contributed by atoms with Crippen LogP contribution in [0.4, 0.5) is 4.39 Å². The van der Waals surface area contributed by atoms with Gasteiger partial charge in [-0.15, -0.1) is 0 Å². The fourth-order valence-electron chi connectivity index (χ4n) is 5.50. The van der Waals surface area contributed by atoms with E-state index in [1.807, 2.05) is 6.07 Å². The molecule has 47 heavy (non-hydrogen) atoms. The number of halogens is 3. The Morgan fingerprint density at radius 3 is 2.43 bits per heavy atom. The number of benzene rings is 3. The third kappa shape index (κ3) is 8.75. The molecule has 1 fully saturated rings. The molecule has 10 nitrogen and oxygen atoms in total. The highest BCUT2D eigenvalue weighted by Gasteiger charge is 2.35. The molecule has 3 aromatic carbocycles. The van der Waals surface area contributed by atoms with E-state index in [4.69, 9.17) is 23.2 Å². The van der Waals surface area contributed by atoms with Gasteiger partial charge in [-0.1, -0.05) is 65.7 Å². The molecule has 244 valence electrons. The number of nitrogens with one attached hydrogen (secondary N) is 5. The van der Waals surface area contributed by atoms with Gasteiger partial charge >= 0.3 is 0 Å². The number of amides is 4. The molecule has 4 amide bonds. The summed E-state index contributed by atoms with van der Waals surface area (Å²) in [5.74, 6) is -4.80. The van der Waals surface area contributed by atoms with Crippen molar-refractivity contribution < 1.29 is 28.4 Å². The number of carbonyl (C=O) groups excluding carboxylic acids is 5. The van der Waals surface area contributed by atoms with Crippen LogP contribution >= 0.6 is 23.2 Å². The van der Waals surface area contributed by atoms with E-state index < -0.39 is 47.3 Å². The van der Waals surface area contributed by atoms with Crippen molar-refractivity contribution in [1.82, 2.24) is 26.3 Å². The standard InChI is InChI=1S/C34H32Cl2FN5O5/c35-22-15-25(36)24-17-29(40-26(24)16-22)33(46)42-28(13-20-8-4-10-23(37)12-20)32(45)41-27(14-21-9-5-11-38-31(21)44)30(43)34(47)39-18-19-6-2-1-3-7-19/h1-4,6-8,10,12,15-17,21,27-28,40H,5,9,11,13-14,18H2,(H,38,44)(H,39,47)(H,41,45)(H,42,46)/t21-,27?,28-/m0/s1. The van der Waals surface area contributed by atoms with Gasteiger partial charge in [-0.05, 0) is 60.7 Å². The van der Waals surface area contributed by atoms with Gasteiger partial charge in [0.05, 0.1) is 11.1 Å². The lowest BCUT2D eigenvalue weighted by Gasteiger charge is -2.27. The maximum Gasteiger partial charge on any atom is 0.289 e. The van der Waals surface area contributed by atoms with E-state index in [0.717, 1.165) is 5.56 Å². The number of rotatable bonds is 12. The number of ketones is 1. The summed E-state index contributed by atoms with van der Waals surface area (Å²) in [6.07, 6.45) is 0.862. The Hall–Kier alpha value is -4.74. The number of aromatic nitrogens is 1. The van der Waals surface area contributed by atoms with Gasteiger partial charge in [-0.2, -0.15) is 0 Å². The molecule has 13 heteroatoms. The molecule has 4 aromatic rings. The summed E-state index contributed by atoms with van der Waals surface area (Å²) in [5, 5.41) is 11.8. The lowest BCUT2D eigenvalue weighted by atomic mass is 9.89. The van der Waals surface area contributed by atoms with Crippen LogP contribution in [0.3, 0.4) is 0 Å². The number of fused-ring (bicyclic) bond motifs is 1. The molecule has 1 unspecified atom stereocenters. The van der Waals surface area contributed by atoms with Crippen LogP contribution in [0.5, 0.6) is 0 Å². The number of Topliss-reactive ketones (excluding diaryl/α,β-unsaturated/α-hetero) is 1. The van der Waals surface area contributed by atoms with Crippen LogP contribution in [0.25, 0.3) is 10.9 Å². The number of hydrogen-bond donors (Lipinski definition) is 5. The van der Waals surface area contributed by atoms with E-state index in [1.165, 1.54) is 30.3 Å². The van der Waals surface area contributed by atoms with Gasteiger partial charge in [0.2, 0.25) is 17.6 Å². The molecule has 2 heterocycles. The zero-order valence-electron chi connectivity index (χ0n) is 25.1. The average molecular weight is 681 g/mol. The number of piperidine rings is 1. The van der Waals surface area contributed by atoms with Gasteiger partial charge in [-0.3, -0.25) is 24.0 Å². The molecule has 5 N–H and O–H groups in total. The first-order chi connectivity index (χ1) is 22.6. The third-order valence-electron chi connectivity index (χ3n) is 7.92. The van der Waals surface area contributed by atoms with Crippen molar-refractivity contribution in [3.8, 4) is 0 Å². The van der Waals surface area contributed by atoms with Crippen molar-refractivity contribution in [2.45, 2.75) is 44.3 Å². The van der Waals surface area contributed by atoms with Crippen LogP contribution in [0, 0.1) is 11.7 Å². The minimum Gasteiger partial charge on any atom is -0.356 e. The second-order valence-corrected chi connectivity index (χ2v) is 12.2. The van der Waals surface area contributed by atoms with Crippen molar-refractivity contribution in [2.24, 2.45) is 5.92 Å². The summed E-state index contributed by atoms with van der Waals surface area (Å²) >= 11 is 12.4. The molecule has 0 bridgehead atoms. The molecule has 1 aromatic heterocycles. The minimum absolute atomic E-state index is 0.0769. The molecule has 3 atom stereocenters. The highest BCUT2D eigenvalue weighted by Crippen LogP contribution is 2.28. The van der Waals surface area contributed by atoms with Crippen LogP contribution < -0.4 is 21.3 Å².